The summed E-state index contributed by atoms with van der Waals surface area (Å²) in [5.74, 6) is 0. The molecular weight excluding hydrogens is 198 g/mol. The quantitative estimate of drug-likeness (QED) is 0.669. The molecule has 2 heterocycles. The second-order valence-electron chi connectivity index (χ2n) is 3.64. The summed E-state index contributed by atoms with van der Waals surface area (Å²) in [7, 11) is 0. The Morgan fingerprint density at radius 1 is 0.733 bits per heavy atom. The minimum Gasteiger partial charge on any atom is -0.351 e. The maximum atomic E-state index is 5.37. The number of ether oxygens (including phenoxy) is 4. The molecule has 5 heteroatoms. The van der Waals surface area contributed by atoms with Gasteiger partial charge in [0.15, 0.2) is 12.6 Å². The highest BCUT2D eigenvalue weighted by atomic mass is 16.7. The van der Waals surface area contributed by atoms with Crippen molar-refractivity contribution in [1.82, 2.24) is 5.32 Å². The summed E-state index contributed by atoms with van der Waals surface area (Å²) in [6.07, 6.45) is 1.63. The van der Waals surface area contributed by atoms with E-state index in [0.717, 1.165) is 39.3 Å². The zero-order chi connectivity index (χ0) is 10.3. The highest BCUT2D eigenvalue weighted by molar-refractivity contribution is 4.59. The van der Waals surface area contributed by atoms with Crippen molar-refractivity contribution in [3.8, 4) is 0 Å². The molecular formula is C10H18NO4. The third-order valence-electron chi connectivity index (χ3n) is 2.35. The number of nitrogens with zero attached hydrogens (tertiary/aromatic N) is 1. The fourth-order valence-corrected chi connectivity index (χ4v) is 1.57. The normalized spacial score (nSPS) is 25.6. The Morgan fingerprint density at radius 3 is 1.53 bits per heavy atom. The van der Waals surface area contributed by atoms with Gasteiger partial charge in [-0.1, -0.05) is 0 Å². The van der Waals surface area contributed by atoms with E-state index >= 15 is 0 Å². The van der Waals surface area contributed by atoms with E-state index in [1.807, 2.05) is 0 Å². The molecule has 0 N–H and O–H groups in total. The zero-order valence-corrected chi connectivity index (χ0v) is 8.89. The Hall–Kier alpha value is -0.200. The van der Waals surface area contributed by atoms with Crippen molar-refractivity contribution in [3.63, 3.8) is 0 Å². The molecule has 0 saturated carbocycles. The van der Waals surface area contributed by atoms with Crippen LogP contribution in [0.15, 0.2) is 0 Å². The minimum atomic E-state index is -0.164. The number of hydrogen-bond acceptors (Lipinski definition) is 4. The standard InChI is InChI=1S/C10H18NO4/c1-3-12-9(13-4-1)7-11-8-10-14-5-2-6-15-10/h9-10H,1-8H2. The molecule has 0 bridgehead atoms. The van der Waals surface area contributed by atoms with E-state index in [2.05, 4.69) is 5.32 Å². The second kappa shape index (κ2) is 6.40. The molecule has 1 radical (unpaired) electrons. The van der Waals surface area contributed by atoms with Crippen LogP contribution in [0.5, 0.6) is 0 Å². The van der Waals surface area contributed by atoms with Gasteiger partial charge in [-0.25, -0.2) is 5.32 Å². The van der Waals surface area contributed by atoms with E-state index in [1.54, 1.807) is 0 Å². The van der Waals surface area contributed by atoms with Crippen molar-refractivity contribution >= 4 is 0 Å². The Kier molecular flexibility index (Phi) is 4.82. The summed E-state index contributed by atoms with van der Waals surface area (Å²) in [6.45, 7) is 4.24. The predicted octanol–water partition coefficient (Wildman–Crippen LogP) is 0.117. The average molecular weight is 216 g/mol. The molecule has 0 amide bonds. The molecule has 87 valence electrons. The van der Waals surface area contributed by atoms with Gasteiger partial charge in [-0.2, -0.15) is 0 Å². The first-order chi connectivity index (χ1) is 7.45. The largest absolute Gasteiger partial charge is 0.351 e. The molecule has 0 unspecified atom stereocenters. The van der Waals surface area contributed by atoms with Crippen LogP contribution >= 0.6 is 0 Å². The lowest BCUT2D eigenvalue weighted by Gasteiger charge is -2.25. The first-order valence-corrected chi connectivity index (χ1v) is 5.55. The van der Waals surface area contributed by atoms with Gasteiger partial charge in [-0.15, -0.1) is 0 Å². The van der Waals surface area contributed by atoms with E-state index in [1.165, 1.54) is 0 Å². The lowest BCUT2D eigenvalue weighted by molar-refractivity contribution is -0.188. The average Bonchev–Trinajstić information content (AvgIpc) is 2.32. The van der Waals surface area contributed by atoms with Crippen molar-refractivity contribution < 1.29 is 18.9 Å². The van der Waals surface area contributed by atoms with Crippen LogP contribution < -0.4 is 5.32 Å². The maximum absolute atomic E-state index is 5.37. The summed E-state index contributed by atoms with van der Waals surface area (Å²) in [4.78, 5) is 0. The summed E-state index contributed by atoms with van der Waals surface area (Å²) in [6, 6.07) is 0. The first kappa shape index (κ1) is 11.3. The molecule has 2 fully saturated rings. The monoisotopic (exact) mass is 216 g/mol. The molecule has 15 heavy (non-hydrogen) atoms. The van der Waals surface area contributed by atoms with Gasteiger partial charge in [0.25, 0.3) is 0 Å². The maximum Gasteiger partial charge on any atom is 0.171 e. The number of hydrogen-bond donors (Lipinski definition) is 0. The second-order valence-corrected chi connectivity index (χ2v) is 3.64. The van der Waals surface area contributed by atoms with Crippen LogP contribution in [0.4, 0.5) is 0 Å². The highest BCUT2D eigenvalue weighted by Gasteiger charge is 2.17. The van der Waals surface area contributed by atoms with Crippen LogP contribution in [-0.4, -0.2) is 52.1 Å². The highest BCUT2D eigenvalue weighted by Crippen LogP contribution is 2.06. The van der Waals surface area contributed by atoms with Crippen LogP contribution in [0, 0.1) is 0 Å². The number of rotatable bonds is 4. The van der Waals surface area contributed by atoms with Gasteiger partial charge in [-0.05, 0) is 12.8 Å². The van der Waals surface area contributed by atoms with Crippen LogP contribution in [0.3, 0.4) is 0 Å². The molecule has 0 atom stereocenters. The Morgan fingerprint density at radius 2 is 1.13 bits per heavy atom. The van der Waals surface area contributed by atoms with Crippen molar-refractivity contribution in [2.24, 2.45) is 0 Å². The summed E-state index contributed by atoms with van der Waals surface area (Å²) in [5.41, 5.74) is 0. The molecule has 2 aliphatic heterocycles. The fraction of sp³-hybridized carbons (Fsp3) is 1.00. The molecule has 2 saturated heterocycles. The van der Waals surface area contributed by atoms with Gasteiger partial charge in [-0.3, -0.25) is 0 Å². The van der Waals surface area contributed by atoms with Crippen LogP contribution in [-0.2, 0) is 18.9 Å². The molecule has 0 aromatic carbocycles. The van der Waals surface area contributed by atoms with Crippen LogP contribution in [0.25, 0.3) is 0 Å². The molecule has 0 aromatic heterocycles. The molecule has 0 aliphatic carbocycles. The lowest BCUT2D eigenvalue weighted by Crippen LogP contribution is -2.37. The molecule has 0 spiro atoms. The molecule has 2 aliphatic rings. The Balaban J connectivity index is 1.53. The van der Waals surface area contributed by atoms with E-state index in [9.17, 15) is 0 Å². The summed E-state index contributed by atoms with van der Waals surface area (Å²) < 4.78 is 21.5. The van der Waals surface area contributed by atoms with Gasteiger partial charge in [0.2, 0.25) is 0 Å². The smallest absolute Gasteiger partial charge is 0.171 e. The van der Waals surface area contributed by atoms with Crippen molar-refractivity contribution in [1.29, 1.82) is 0 Å². The van der Waals surface area contributed by atoms with E-state index in [4.69, 9.17) is 18.9 Å². The molecule has 0 aromatic rings. The first-order valence-electron chi connectivity index (χ1n) is 5.55. The Labute approximate surface area is 90.0 Å². The Bertz CT molecular complexity index is 149. The van der Waals surface area contributed by atoms with Gasteiger partial charge in [0.1, 0.15) is 0 Å². The third kappa shape index (κ3) is 4.04. The van der Waals surface area contributed by atoms with Gasteiger partial charge in [0, 0.05) is 0 Å². The van der Waals surface area contributed by atoms with Crippen LogP contribution in [0.1, 0.15) is 12.8 Å². The summed E-state index contributed by atoms with van der Waals surface area (Å²) in [5, 5.41) is 4.32. The predicted molar refractivity (Wildman–Crippen MR) is 52.5 cm³/mol. The summed E-state index contributed by atoms with van der Waals surface area (Å²) >= 11 is 0. The van der Waals surface area contributed by atoms with Gasteiger partial charge < -0.3 is 18.9 Å². The molecule has 2 rings (SSSR count). The van der Waals surface area contributed by atoms with Crippen molar-refractivity contribution in [2.75, 3.05) is 39.5 Å². The zero-order valence-electron chi connectivity index (χ0n) is 8.89. The van der Waals surface area contributed by atoms with Crippen molar-refractivity contribution in [2.45, 2.75) is 25.4 Å². The minimum absolute atomic E-state index is 0.164. The van der Waals surface area contributed by atoms with E-state index in [-0.39, 0.29) is 12.6 Å². The van der Waals surface area contributed by atoms with E-state index in [0.29, 0.717) is 13.1 Å². The van der Waals surface area contributed by atoms with Crippen molar-refractivity contribution in [3.05, 3.63) is 0 Å². The fourth-order valence-electron chi connectivity index (χ4n) is 1.57. The third-order valence-corrected chi connectivity index (χ3v) is 2.35. The van der Waals surface area contributed by atoms with Gasteiger partial charge in [0.05, 0.1) is 39.5 Å². The molecule has 5 nitrogen and oxygen atoms in total. The van der Waals surface area contributed by atoms with Crippen LogP contribution in [0.2, 0.25) is 0 Å². The topological polar surface area (TPSA) is 51.0 Å². The SMILES string of the molecule is C1COC(C[N]CC2OCCCO2)OC1. The van der Waals surface area contributed by atoms with E-state index < -0.39 is 0 Å². The van der Waals surface area contributed by atoms with Gasteiger partial charge >= 0.3 is 0 Å². The lowest BCUT2D eigenvalue weighted by atomic mass is 10.4.